The van der Waals surface area contributed by atoms with Gasteiger partial charge in [-0.3, -0.25) is 4.79 Å². The second-order valence-electron chi connectivity index (χ2n) is 4.72. The Morgan fingerprint density at radius 2 is 1.90 bits per heavy atom. The van der Waals surface area contributed by atoms with E-state index in [0.717, 1.165) is 16.3 Å². The number of Topliss-reactive ketones (excluding diaryl/α,β-unsaturated/α-hetero) is 1. The molecule has 0 aromatic heterocycles. The topological polar surface area (TPSA) is 20.3 Å². The van der Waals surface area contributed by atoms with Crippen molar-refractivity contribution in [3.8, 4) is 0 Å². The molecule has 0 fully saturated rings. The van der Waals surface area contributed by atoms with E-state index >= 15 is 0 Å². The van der Waals surface area contributed by atoms with Crippen molar-refractivity contribution in [3.05, 3.63) is 72.5 Å². The molecule has 1 aliphatic heterocycles. The van der Waals surface area contributed by atoms with Gasteiger partial charge in [0.1, 0.15) is 4.95 Å². The first-order chi connectivity index (χ1) is 9.75. The van der Waals surface area contributed by atoms with E-state index in [0.29, 0.717) is 6.54 Å². The van der Waals surface area contributed by atoms with Crippen molar-refractivity contribution in [2.45, 2.75) is 4.95 Å². The number of ketones is 1. The summed E-state index contributed by atoms with van der Waals surface area (Å²) < 4.78 is 0. The Bertz CT molecular complexity index is 700. The smallest absolute Gasteiger partial charge is 0.182 e. The van der Waals surface area contributed by atoms with Gasteiger partial charge in [0.25, 0.3) is 0 Å². The Balaban J connectivity index is 1.89. The summed E-state index contributed by atoms with van der Waals surface area (Å²) in [7, 11) is 0. The minimum atomic E-state index is 0.0754. The zero-order valence-electron chi connectivity index (χ0n) is 10.9. The zero-order valence-corrected chi connectivity index (χ0v) is 12.5. The third kappa shape index (κ3) is 2.54. The van der Waals surface area contributed by atoms with E-state index in [-0.39, 0.29) is 10.7 Å². The van der Waals surface area contributed by atoms with Gasteiger partial charge in [0, 0.05) is 11.8 Å². The summed E-state index contributed by atoms with van der Waals surface area (Å²) in [6, 6.07) is 13.9. The largest absolute Gasteiger partial charge is 0.354 e. The second kappa shape index (κ2) is 5.63. The monoisotopic (exact) mass is 327 g/mol. The molecule has 2 aromatic rings. The highest BCUT2D eigenvalue weighted by Crippen LogP contribution is 2.21. The van der Waals surface area contributed by atoms with Crippen LogP contribution in [0.25, 0.3) is 10.8 Å². The molecule has 1 aliphatic rings. The lowest BCUT2D eigenvalue weighted by Crippen LogP contribution is -2.31. The van der Waals surface area contributed by atoms with Crippen molar-refractivity contribution in [3.63, 3.8) is 0 Å². The van der Waals surface area contributed by atoms with Gasteiger partial charge in [-0.05, 0) is 16.8 Å². The maximum atomic E-state index is 12.6. The molecule has 0 N–H and O–H groups in total. The maximum Gasteiger partial charge on any atom is 0.182 e. The van der Waals surface area contributed by atoms with Crippen molar-refractivity contribution in [2.75, 3.05) is 6.54 Å². The number of halogens is 1. The molecule has 0 saturated carbocycles. The molecule has 0 amide bonds. The molecule has 3 heteroatoms. The Labute approximate surface area is 126 Å². The van der Waals surface area contributed by atoms with Crippen molar-refractivity contribution in [1.82, 2.24) is 4.90 Å². The van der Waals surface area contributed by atoms with Crippen LogP contribution in [0.15, 0.2) is 66.9 Å². The van der Waals surface area contributed by atoms with E-state index in [9.17, 15) is 4.79 Å². The highest BCUT2D eigenvalue weighted by molar-refractivity contribution is 9.09. The van der Waals surface area contributed by atoms with Crippen LogP contribution in [-0.2, 0) is 0 Å². The molecule has 0 bridgehead atoms. The highest BCUT2D eigenvalue weighted by Gasteiger charge is 2.17. The lowest BCUT2D eigenvalue weighted by atomic mass is 10.0. The summed E-state index contributed by atoms with van der Waals surface area (Å²) >= 11 is 3.54. The van der Waals surface area contributed by atoms with Crippen LogP contribution < -0.4 is 0 Å². The number of alkyl halides is 1. The molecule has 1 unspecified atom stereocenters. The Kier molecular flexibility index (Phi) is 3.70. The van der Waals surface area contributed by atoms with Gasteiger partial charge in [0.2, 0.25) is 0 Å². The number of allylic oxidation sites excluding steroid dienone is 2. The van der Waals surface area contributed by atoms with E-state index < -0.39 is 0 Å². The molecular formula is C17H14BrNO. The third-order valence-electron chi connectivity index (χ3n) is 3.39. The molecule has 0 saturated heterocycles. The Hall–Kier alpha value is -1.87. The molecule has 2 aromatic carbocycles. The summed E-state index contributed by atoms with van der Waals surface area (Å²) in [4.78, 5) is 14.6. The number of rotatable bonds is 3. The number of carbonyl (C=O) groups is 1. The molecule has 0 radical (unpaired) electrons. The first-order valence-electron chi connectivity index (χ1n) is 6.51. The van der Waals surface area contributed by atoms with Gasteiger partial charge in [0.15, 0.2) is 5.78 Å². The lowest BCUT2D eigenvalue weighted by Gasteiger charge is -2.25. The fraction of sp³-hybridized carbons (Fsp3) is 0.118. The first kappa shape index (κ1) is 13.1. The minimum absolute atomic E-state index is 0.0754. The van der Waals surface area contributed by atoms with E-state index in [4.69, 9.17) is 0 Å². The van der Waals surface area contributed by atoms with Crippen LogP contribution in [0, 0.1) is 0 Å². The van der Waals surface area contributed by atoms with Gasteiger partial charge in [-0.2, -0.15) is 0 Å². The van der Waals surface area contributed by atoms with Gasteiger partial charge < -0.3 is 4.90 Å². The molecule has 0 spiro atoms. The minimum Gasteiger partial charge on any atom is -0.354 e. The van der Waals surface area contributed by atoms with Crippen molar-refractivity contribution in [1.29, 1.82) is 0 Å². The van der Waals surface area contributed by atoms with Gasteiger partial charge >= 0.3 is 0 Å². The van der Waals surface area contributed by atoms with Crippen LogP contribution in [0.1, 0.15) is 10.4 Å². The fourth-order valence-corrected chi connectivity index (χ4v) is 2.83. The SMILES string of the molecule is O=C(CN1C=CC=CC1Br)c1cccc2ccccc12. The number of hydrogen-bond donors (Lipinski definition) is 0. The van der Waals surface area contributed by atoms with E-state index in [1.807, 2.05) is 71.8 Å². The van der Waals surface area contributed by atoms with E-state index in [1.54, 1.807) is 0 Å². The van der Waals surface area contributed by atoms with Crippen LogP contribution in [0.2, 0.25) is 0 Å². The van der Waals surface area contributed by atoms with Crippen molar-refractivity contribution in [2.24, 2.45) is 0 Å². The Morgan fingerprint density at radius 1 is 1.10 bits per heavy atom. The van der Waals surface area contributed by atoms with E-state index in [2.05, 4.69) is 15.9 Å². The predicted molar refractivity (Wildman–Crippen MR) is 86.0 cm³/mol. The van der Waals surface area contributed by atoms with Gasteiger partial charge in [-0.25, -0.2) is 0 Å². The summed E-state index contributed by atoms with van der Waals surface area (Å²) in [5, 5.41) is 2.12. The normalized spacial score (nSPS) is 17.6. The summed E-state index contributed by atoms with van der Waals surface area (Å²) in [5.74, 6) is 0.131. The van der Waals surface area contributed by atoms with Crippen molar-refractivity contribution >= 4 is 32.5 Å². The molecule has 20 heavy (non-hydrogen) atoms. The molecule has 2 nitrogen and oxygen atoms in total. The van der Waals surface area contributed by atoms with Crippen LogP contribution in [0.4, 0.5) is 0 Å². The summed E-state index contributed by atoms with van der Waals surface area (Å²) in [6.07, 6.45) is 7.85. The molecule has 3 rings (SSSR count). The molecule has 1 atom stereocenters. The van der Waals surface area contributed by atoms with E-state index in [1.165, 1.54) is 0 Å². The zero-order chi connectivity index (χ0) is 13.9. The molecule has 0 aliphatic carbocycles. The van der Waals surface area contributed by atoms with Crippen molar-refractivity contribution < 1.29 is 4.79 Å². The maximum absolute atomic E-state index is 12.6. The average molecular weight is 328 g/mol. The first-order valence-corrected chi connectivity index (χ1v) is 7.43. The number of hydrogen-bond acceptors (Lipinski definition) is 2. The molecular weight excluding hydrogens is 314 g/mol. The van der Waals surface area contributed by atoms with Gasteiger partial charge in [-0.1, -0.05) is 70.5 Å². The predicted octanol–water partition coefficient (Wildman–Crippen LogP) is 4.13. The standard InChI is InChI=1S/C17H14BrNO/c18-17-10-3-4-11-19(17)12-16(20)15-9-5-7-13-6-1-2-8-14(13)15/h1-11,17H,12H2. The molecule has 100 valence electrons. The molecule has 1 heterocycles. The quantitative estimate of drug-likeness (QED) is 0.480. The number of benzene rings is 2. The summed E-state index contributed by atoms with van der Waals surface area (Å²) in [6.45, 7) is 0.366. The lowest BCUT2D eigenvalue weighted by molar-refractivity contribution is 0.0958. The number of carbonyl (C=O) groups excluding carboxylic acids is 1. The van der Waals surface area contributed by atoms with Crippen LogP contribution in [0.3, 0.4) is 0 Å². The van der Waals surface area contributed by atoms with Gasteiger partial charge in [0.05, 0.1) is 6.54 Å². The van der Waals surface area contributed by atoms with Gasteiger partial charge in [-0.15, -0.1) is 0 Å². The average Bonchev–Trinajstić information content (AvgIpc) is 2.49. The Morgan fingerprint density at radius 3 is 2.75 bits per heavy atom. The summed E-state index contributed by atoms with van der Waals surface area (Å²) in [5.41, 5.74) is 0.783. The third-order valence-corrected chi connectivity index (χ3v) is 4.22. The second-order valence-corrected chi connectivity index (χ2v) is 5.66. The van der Waals surface area contributed by atoms with Crippen LogP contribution in [-0.4, -0.2) is 22.2 Å². The number of nitrogens with zero attached hydrogens (tertiary/aromatic N) is 1. The van der Waals surface area contributed by atoms with Crippen LogP contribution in [0.5, 0.6) is 0 Å². The number of fused-ring (bicyclic) bond motifs is 1. The fourth-order valence-electron chi connectivity index (χ4n) is 2.37. The highest BCUT2D eigenvalue weighted by atomic mass is 79.9. The van der Waals surface area contributed by atoms with Crippen LogP contribution >= 0.6 is 15.9 Å².